The lowest BCUT2D eigenvalue weighted by molar-refractivity contribution is 1.28. The fourth-order valence-corrected chi connectivity index (χ4v) is 1.98. The lowest BCUT2D eigenvalue weighted by Gasteiger charge is -2.01. The molecule has 0 atom stereocenters. The lowest BCUT2D eigenvalue weighted by atomic mass is 10.1. The van der Waals surface area contributed by atoms with Crippen LogP contribution in [-0.4, -0.2) is 22.0 Å². The molecule has 6 heteroatoms. The average Bonchev–Trinajstić information content (AvgIpc) is 2.80. The van der Waals surface area contributed by atoms with Gasteiger partial charge in [-0.05, 0) is 30.3 Å². The summed E-state index contributed by atoms with van der Waals surface area (Å²) in [7, 11) is 1.82. The molecule has 0 saturated carbocycles. The van der Waals surface area contributed by atoms with Crippen molar-refractivity contribution in [2.24, 2.45) is 0 Å². The number of anilines is 3. The highest BCUT2D eigenvalue weighted by atomic mass is 15.0. The second-order valence-corrected chi connectivity index (χ2v) is 4.29. The number of fused-ring (bicyclic) bond motifs is 1. The fourth-order valence-electron chi connectivity index (χ4n) is 1.98. The Balaban J connectivity index is 2.14. The lowest BCUT2D eigenvalue weighted by Crippen LogP contribution is -1.92. The van der Waals surface area contributed by atoms with Crippen LogP contribution in [0.25, 0.3) is 22.6 Å². The van der Waals surface area contributed by atoms with Crippen LogP contribution in [0, 0.1) is 0 Å². The number of benzene rings is 1. The Morgan fingerprint density at radius 3 is 2.47 bits per heavy atom. The van der Waals surface area contributed by atoms with E-state index in [0.717, 1.165) is 16.9 Å². The molecule has 0 spiro atoms. The highest BCUT2D eigenvalue weighted by Gasteiger charge is 2.08. The zero-order valence-electron chi connectivity index (χ0n) is 10.4. The van der Waals surface area contributed by atoms with Gasteiger partial charge < -0.3 is 21.8 Å². The van der Waals surface area contributed by atoms with Gasteiger partial charge in [0.1, 0.15) is 11.6 Å². The molecule has 96 valence electrons. The summed E-state index contributed by atoms with van der Waals surface area (Å²) in [5, 5.41) is 2.98. The van der Waals surface area contributed by atoms with Crippen LogP contribution >= 0.6 is 0 Å². The van der Waals surface area contributed by atoms with E-state index in [-0.39, 0.29) is 0 Å². The summed E-state index contributed by atoms with van der Waals surface area (Å²) in [6.07, 6.45) is 0. The third-order valence-electron chi connectivity index (χ3n) is 2.85. The van der Waals surface area contributed by atoms with Crippen molar-refractivity contribution < 1.29 is 0 Å². The minimum atomic E-state index is 0.610. The van der Waals surface area contributed by atoms with Crippen LogP contribution in [0.4, 0.5) is 17.2 Å². The number of nitrogens with zero attached hydrogens (tertiary/aromatic N) is 2. The van der Waals surface area contributed by atoms with Crippen LogP contribution in [0.2, 0.25) is 0 Å². The molecular formula is C13H14N6. The van der Waals surface area contributed by atoms with Gasteiger partial charge in [-0.1, -0.05) is 0 Å². The van der Waals surface area contributed by atoms with Gasteiger partial charge in [0.25, 0.3) is 0 Å². The molecule has 2 aromatic heterocycles. The first kappa shape index (κ1) is 11.3. The third kappa shape index (κ3) is 2.03. The number of hydrogen-bond donors (Lipinski definition) is 4. The summed E-state index contributed by atoms with van der Waals surface area (Å²) in [6, 6.07) is 9.18. The number of rotatable bonds is 2. The van der Waals surface area contributed by atoms with E-state index in [1.807, 2.05) is 31.3 Å². The molecule has 6 N–H and O–H groups in total. The first-order valence-electron chi connectivity index (χ1n) is 5.86. The highest BCUT2D eigenvalue weighted by Crippen LogP contribution is 2.24. The van der Waals surface area contributed by atoms with Crippen LogP contribution in [0.5, 0.6) is 0 Å². The molecule has 0 fully saturated rings. The molecular weight excluding hydrogens is 240 g/mol. The molecule has 0 bridgehead atoms. The van der Waals surface area contributed by atoms with Crippen LogP contribution in [0.15, 0.2) is 30.3 Å². The maximum atomic E-state index is 5.79. The van der Waals surface area contributed by atoms with Crippen LogP contribution < -0.4 is 16.8 Å². The molecule has 0 saturated heterocycles. The summed E-state index contributed by atoms with van der Waals surface area (Å²) in [4.78, 5) is 12.0. The van der Waals surface area contributed by atoms with Gasteiger partial charge >= 0.3 is 0 Å². The van der Waals surface area contributed by atoms with Crippen molar-refractivity contribution >= 4 is 28.4 Å². The van der Waals surface area contributed by atoms with Gasteiger partial charge in [0.2, 0.25) is 0 Å². The number of pyridine rings is 1. The van der Waals surface area contributed by atoms with Crippen molar-refractivity contribution in [2.45, 2.75) is 0 Å². The number of nitrogen functional groups attached to an aromatic ring is 2. The number of aromatic nitrogens is 3. The standard InChI is InChI=1S/C13H14N6/c1-16-11-3-2-10-13(18-11)19-12(17-10)7-4-8(14)6-9(15)5-7/h2-6H,14-15H2,1H3,(H2,16,17,18,19). The number of imidazole rings is 1. The number of nitrogens with two attached hydrogens (primary N) is 2. The average molecular weight is 254 g/mol. The number of nitrogens with one attached hydrogen (secondary N) is 2. The second-order valence-electron chi connectivity index (χ2n) is 4.29. The number of hydrogen-bond acceptors (Lipinski definition) is 5. The predicted octanol–water partition coefficient (Wildman–Crippen LogP) is 1.83. The van der Waals surface area contributed by atoms with E-state index in [1.165, 1.54) is 0 Å². The Kier molecular flexibility index (Phi) is 2.49. The maximum absolute atomic E-state index is 5.79. The minimum absolute atomic E-state index is 0.610. The Morgan fingerprint density at radius 1 is 1.05 bits per heavy atom. The van der Waals surface area contributed by atoms with Crippen molar-refractivity contribution in [3.8, 4) is 11.4 Å². The summed E-state index contributed by atoms with van der Waals surface area (Å²) >= 11 is 0. The molecule has 0 aliphatic rings. The smallest absolute Gasteiger partial charge is 0.180 e. The Bertz CT molecular complexity index is 726. The summed E-state index contributed by atoms with van der Waals surface area (Å²) in [5.41, 5.74) is 15.2. The zero-order chi connectivity index (χ0) is 13.4. The largest absolute Gasteiger partial charge is 0.399 e. The van der Waals surface area contributed by atoms with Crippen molar-refractivity contribution in [3.05, 3.63) is 30.3 Å². The van der Waals surface area contributed by atoms with Gasteiger partial charge in [0.05, 0.1) is 5.52 Å². The Labute approximate surface area is 109 Å². The van der Waals surface area contributed by atoms with E-state index in [0.29, 0.717) is 22.8 Å². The van der Waals surface area contributed by atoms with Crippen molar-refractivity contribution in [2.75, 3.05) is 23.8 Å². The molecule has 1 aromatic carbocycles. The van der Waals surface area contributed by atoms with Gasteiger partial charge in [-0.15, -0.1) is 0 Å². The molecule has 0 amide bonds. The molecule has 0 radical (unpaired) electrons. The van der Waals surface area contributed by atoms with Crippen LogP contribution in [0.1, 0.15) is 0 Å². The van der Waals surface area contributed by atoms with Gasteiger partial charge in [0, 0.05) is 24.0 Å². The minimum Gasteiger partial charge on any atom is -0.399 e. The van der Waals surface area contributed by atoms with E-state index in [1.54, 1.807) is 6.07 Å². The SMILES string of the molecule is CNc1ccc2[nH]c(-c3cc(N)cc(N)c3)nc2n1. The number of aromatic amines is 1. The molecule has 0 unspecified atom stereocenters. The summed E-state index contributed by atoms with van der Waals surface area (Å²) < 4.78 is 0. The monoisotopic (exact) mass is 254 g/mol. The predicted molar refractivity (Wildman–Crippen MR) is 77.7 cm³/mol. The quantitative estimate of drug-likeness (QED) is 0.522. The topological polar surface area (TPSA) is 106 Å². The van der Waals surface area contributed by atoms with Gasteiger partial charge in [-0.25, -0.2) is 9.97 Å². The van der Waals surface area contributed by atoms with Crippen molar-refractivity contribution in [1.82, 2.24) is 15.0 Å². The molecule has 0 aliphatic heterocycles. The van der Waals surface area contributed by atoms with Crippen LogP contribution in [0.3, 0.4) is 0 Å². The third-order valence-corrected chi connectivity index (χ3v) is 2.85. The maximum Gasteiger partial charge on any atom is 0.180 e. The number of H-pyrrole nitrogens is 1. The van der Waals surface area contributed by atoms with E-state index in [2.05, 4.69) is 20.3 Å². The highest BCUT2D eigenvalue weighted by molar-refractivity contribution is 5.79. The normalized spacial score (nSPS) is 10.8. The van der Waals surface area contributed by atoms with Crippen LogP contribution in [-0.2, 0) is 0 Å². The van der Waals surface area contributed by atoms with Gasteiger partial charge in [0.15, 0.2) is 5.65 Å². The summed E-state index contributed by atoms with van der Waals surface area (Å²) in [6.45, 7) is 0. The van der Waals surface area contributed by atoms with Gasteiger partial charge in [-0.2, -0.15) is 0 Å². The second kappa shape index (κ2) is 4.16. The molecule has 6 nitrogen and oxygen atoms in total. The molecule has 3 rings (SSSR count). The van der Waals surface area contributed by atoms with E-state index < -0.39 is 0 Å². The molecule has 2 heterocycles. The van der Waals surface area contributed by atoms with Gasteiger partial charge in [-0.3, -0.25) is 0 Å². The first-order valence-corrected chi connectivity index (χ1v) is 5.86. The molecule has 0 aliphatic carbocycles. The van der Waals surface area contributed by atoms with E-state index in [9.17, 15) is 0 Å². The van der Waals surface area contributed by atoms with E-state index >= 15 is 0 Å². The van der Waals surface area contributed by atoms with E-state index in [4.69, 9.17) is 11.5 Å². The fraction of sp³-hybridized carbons (Fsp3) is 0.0769. The van der Waals surface area contributed by atoms with Crippen molar-refractivity contribution in [3.63, 3.8) is 0 Å². The first-order chi connectivity index (χ1) is 9.15. The summed E-state index contributed by atoms with van der Waals surface area (Å²) in [5.74, 6) is 1.48. The molecule has 19 heavy (non-hydrogen) atoms. The Hall–Kier alpha value is -2.76. The molecule has 3 aromatic rings. The zero-order valence-corrected chi connectivity index (χ0v) is 10.4. The van der Waals surface area contributed by atoms with Crippen molar-refractivity contribution in [1.29, 1.82) is 0 Å². The Morgan fingerprint density at radius 2 is 1.79 bits per heavy atom.